The minimum Gasteiger partial charge on any atom is -0.457 e. The van der Waals surface area contributed by atoms with Crippen LogP contribution in [0.3, 0.4) is 0 Å². The first kappa shape index (κ1) is 15.6. The van der Waals surface area contributed by atoms with Crippen LogP contribution in [0.25, 0.3) is 0 Å². The summed E-state index contributed by atoms with van der Waals surface area (Å²) in [5, 5.41) is 0. The first-order valence-electron chi connectivity index (χ1n) is 5.75. The van der Waals surface area contributed by atoms with E-state index in [9.17, 15) is 9.59 Å². The smallest absolute Gasteiger partial charge is 0.375 e. The van der Waals surface area contributed by atoms with Crippen LogP contribution in [-0.4, -0.2) is 17.9 Å². The fourth-order valence-corrected chi connectivity index (χ4v) is 1.47. The number of allylic oxidation sites excluding steroid dienone is 2. The molecule has 0 heterocycles. The SMILES string of the molecule is C=CC[C@H](C(=O)C(=O)OC(C)C)C(C)(C)C=C. The van der Waals surface area contributed by atoms with Crippen LogP contribution in [0.2, 0.25) is 0 Å². The van der Waals surface area contributed by atoms with Gasteiger partial charge in [0, 0.05) is 5.92 Å². The average Bonchev–Trinajstić information content (AvgIpc) is 2.23. The fraction of sp³-hybridized carbons (Fsp3) is 0.571. The monoisotopic (exact) mass is 238 g/mol. The summed E-state index contributed by atoms with van der Waals surface area (Å²) in [6.07, 6.45) is 3.46. The van der Waals surface area contributed by atoms with Crippen molar-refractivity contribution in [1.29, 1.82) is 0 Å². The molecule has 0 saturated carbocycles. The van der Waals surface area contributed by atoms with Crippen molar-refractivity contribution >= 4 is 11.8 Å². The predicted octanol–water partition coefficient (Wildman–Crippen LogP) is 2.91. The van der Waals surface area contributed by atoms with Gasteiger partial charge in [-0.15, -0.1) is 13.2 Å². The van der Waals surface area contributed by atoms with Gasteiger partial charge in [0.25, 0.3) is 0 Å². The van der Waals surface area contributed by atoms with E-state index in [2.05, 4.69) is 13.2 Å². The topological polar surface area (TPSA) is 43.4 Å². The molecule has 0 spiro atoms. The molecule has 96 valence electrons. The average molecular weight is 238 g/mol. The maximum Gasteiger partial charge on any atom is 0.375 e. The molecule has 3 nitrogen and oxygen atoms in total. The summed E-state index contributed by atoms with van der Waals surface area (Å²) in [5.41, 5.74) is -0.457. The third-order valence-electron chi connectivity index (χ3n) is 2.69. The zero-order valence-electron chi connectivity index (χ0n) is 11.2. The Bertz CT molecular complexity index is 313. The number of hydrogen-bond donors (Lipinski definition) is 0. The highest BCUT2D eigenvalue weighted by Crippen LogP contribution is 2.32. The van der Waals surface area contributed by atoms with E-state index in [1.54, 1.807) is 26.0 Å². The van der Waals surface area contributed by atoms with Crippen molar-refractivity contribution in [2.45, 2.75) is 40.2 Å². The Kier molecular flexibility index (Phi) is 5.86. The standard InChI is InChI=1S/C14H22O3/c1-7-9-11(14(5,6)8-2)12(15)13(16)17-10(3)4/h7-8,10-11H,1-2,9H2,3-6H3/t11-/m1/s1. The molecule has 3 heteroatoms. The molecule has 0 aliphatic heterocycles. The quantitative estimate of drug-likeness (QED) is 0.389. The van der Waals surface area contributed by atoms with Crippen LogP contribution in [0.5, 0.6) is 0 Å². The molecule has 0 fully saturated rings. The van der Waals surface area contributed by atoms with Gasteiger partial charge < -0.3 is 4.74 Å². The van der Waals surface area contributed by atoms with E-state index in [-0.39, 0.29) is 6.10 Å². The molecule has 17 heavy (non-hydrogen) atoms. The highest BCUT2D eigenvalue weighted by atomic mass is 16.5. The highest BCUT2D eigenvalue weighted by molar-refractivity contribution is 6.34. The van der Waals surface area contributed by atoms with Gasteiger partial charge >= 0.3 is 5.97 Å². The Labute approximate surface area is 104 Å². The van der Waals surface area contributed by atoms with E-state index in [1.165, 1.54) is 0 Å². The van der Waals surface area contributed by atoms with Crippen molar-refractivity contribution in [3.63, 3.8) is 0 Å². The number of ketones is 1. The summed E-state index contributed by atoms with van der Waals surface area (Å²) in [6, 6.07) is 0. The lowest BCUT2D eigenvalue weighted by atomic mass is 9.74. The molecule has 0 rings (SSSR count). The number of rotatable bonds is 7. The van der Waals surface area contributed by atoms with E-state index in [4.69, 9.17) is 4.74 Å². The number of carbonyl (C=O) groups excluding carboxylic acids is 2. The Morgan fingerprint density at radius 3 is 2.18 bits per heavy atom. The van der Waals surface area contributed by atoms with Crippen molar-refractivity contribution in [2.24, 2.45) is 11.3 Å². The summed E-state index contributed by atoms with van der Waals surface area (Å²) in [4.78, 5) is 23.6. The lowest BCUT2D eigenvalue weighted by Crippen LogP contribution is -2.35. The minimum absolute atomic E-state index is 0.289. The van der Waals surface area contributed by atoms with Crippen LogP contribution in [0, 0.1) is 11.3 Å². The van der Waals surface area contributed by atoms with Gasteiger partial charge in [-0.3, -0.25) is 4.79 Å². The van der Waals surface area contributed by atoms with Crippen LogP contribution < -0.4 is 0 Å². The molecular weight excluding hydrogens is 216 g/mol. The van der Waals surface area contributed by atoms with Gasteiger partial charge in [-0.2, -0.15) is 0 Å². The van der Waals surface area contributed by atoms with Gasteiger partial charge in [-0.25, -0.2) is 4.79 Å². The Morgan fingerprint density at radius 1 is 1.29 bits per heavy atom. The van der Waals surface area contributed by atoms with Gasteiger partial charge in [0.2, 0.25) is 5.78 Å². The zero-order chi connectivity index (χ0) is 13.6. The maximum absolute atomic E-state index is 12.0. The molecule has 0 bridgehead atoms. The van der Waals surface area contributed by atoms with Gasteiger partial charge in [-0.1, -0.05) is 26.0 Å². The Balaban J connectivity index is 4.95. The number of esters is 1. The highest BCUT2D eigenvalue weighted by Gasteiger charge is 2.36. The minimum atomic E-state index is -0.776. The summed E-state index contributed by atoms with van der Waals surface area (Å²) < 4.78 is 4.92. The summed E-state index contributed by atoms with van der Waals surface area (Å²) in [7, 11) is 0. The van der Waals surface area contributed by atoms with Crippen LogP contribution in [0.1, 0.15) is 34.1 Å². The molecule has 0 aliphatic carbocycles. The largest absolute Gasteiger partial charge is 0.457 e. The van der Waals surface area contributed by atoms with Crippen molar-refractivity contribution in [3.05, 3.63) is 25.3 Å². The summed E-state index contributed by atoms with van der Waals surface area (Å²) >= 11 is 0. The summed E-state index contributed by atoms with van der Waals surface area (Å²) in [5.74, 6) is -1.76. The predicted molar refractivity (Wildman–Crippen MR) is 68.5 cm³/mol. The summed E-state index contributed by atoms with van der Waals surface area (Å²) in [6.45, 7) is 14.5. The van der Waals surface area contributed by atoms with Gasteiger partial charge in [0.1, 0.15) is 0 Å². The molecular formula is C14H22O3. The molecule has 0 unspecified atom stereocenters. The molecule has 0 aromatic rings. The van der Waals surface area contributed by atoms with E-state index in [1.807, 2.05) is 13.8 Å². The molecule has 0 saturated heterocycles. The lowest BCUT2D eigenvalue weighted by Gasteiger charge is -2.28. The molecule has 0 N–H and O–H groups in total. The van der Waals surface area contributed by atoms with Gasteiger partial charge in [-0.05, 0) is 25.7 Å². The Hall–Kier alpha value is -1.38. The number of hydrogen-bond acceptors (Lipinski definition) is 3. The van der Waals surface area contributed by atoms with Crippen LogP contribution >= 0.6 is 0 Å². The molecule has 1 atom stereocenters. The van der Waals surface area contributed by atoms with Gasteiger partial charge in [0.15, 0.2) is 0 Å². The van der Waals surface area contributed by atoms with Gasteiger partial charge in [0.05, 0.1) is 6.10 Å². The molecule has 0 amide bonds. The molecule has 0 radical (unpaired) electrons. The Morgan fingerprint density at radius 2 is 1.82 bits per heavy atom. The number of ether oxygens (including phenoxy) is 1. The van der Waals surface area contributed by atoms with E-state index in [0.29, 0.717) is 6.42 Å². The van der Waals surface area contributed by atoms with E-state index >= 15 is 0 Å². The first-order chi connectivity index (χ1) is 7.76. The lowest BCUT2D eigenvalue weighted by molar-refractivity contribution is -0.159. The third-order valence-corrected chi connectivity index (χ3v) is 2.69. The van der Waals surface area contributed by atoms with Crippen LogP contribution in [0.15, 0.2) is 25.3 Å². The number of Topliss-reactive ketones (excluding diaryl/α,β-unsaturated/α-hetero) is 1. The van der Waals surface area contributed by atoms with Crippen molar-refractivity contribution in [1.82, 2.24) is 0 Å². The normalized spacial score (nSPS) is 13.0. The van der Waals surface area contributed by atoms with Crippen LogP contribution in [-0.2, 0) is 14.3 Å². The second-order valence-electron chi connectivity index (χ2n) is 4.92. The second kappa shape index (κ2) is 6.38. The van der Waals surface area contributed by atoms with Crippen LogP contribution in [0.4, 0.5) is 0 Å². The number of carbonyl (C=O) groups is 2. The molecule has 0 aliphatic rings. The van der Waals surface area contributed by atoms with E-state index in [0.717, 1.165) is 0 Å². The second-order valence-corrected chi connectivity index (χ2v) is 4.92. The maximum atomic E-state index is 12.0. The fourth-order valence-electron chi connectivity index (χ4n) is 1.47. The molecule has 0 aromatic heterocycles. The van der Waals surface area contributed by atoms with E-state index < -0.39 is 23.1 Å². The van der Waals surface area contributed by atoms with Crippen molar-refractivity contribution in [3.8, 4) is 0 Å². The molecule has 0 aromatic carbocycles. The first-order valence-corrected chi connectivity index (χ1v) is 5.75. The van der Waals surface area contributed by atoms with Crippen molar-refractivity contribution < 1.29 is 14.3 Å². The third kappa shape index (κ3) is 4.55. The zero-order valence-corrected chi connectivity index (χ0v) is 11.2. The van der Waals surface area contributed by atoms with Crippen molar-refractivity contribution in [2.75, 3.05) is 0 Å².